The summed E-state index contributed by atoms with van der Waals surface area (Å²) in [4.78, 5) is 11.8. The van der Waals surface area contributed by atoms with Gasteiger partial charge in [-0.2, -0.15) is 24.3 Å². The van der Waals surface area contributed by atoms with E-state index in [0.717, 1.165) is 22.3 Å². The molecule has 1 aliphatic rings. The van der Waals surface area contributed by atoms with E-state index in [4.69, 9.17) is 0 Å². The van der Waals surface area contributed by atoms with Crippen LogP contribution in [0.2, 0.25) is 0 Å². The van der Waals surface area contributed by atoms with Crippen LogP contribution in [0, 0.1) is 17.9 Å². The summed E-state index contributed by atoms with van der Waals surface area (Å²) in [5.74, 6) is -0.380. The van der Waals surface area contributed by atoms with Crippen LogP contribution in [0.1, 0.15) is 40.9 Å². The zero-order valence-electron chi connectivity index (χ0n) is 21.0. The van der Waals surface area contributed by atoms with Crippen LogP contribution < -0.4 is 0 Å². The average Bonchev–Trinajstić information content (AvgIpc) is 2.93. The Labute approximate surface area is 235 Å². The zero-order chi connectivity index (χ0) is 26.0. The molecule has 0 atom stereocenters. The first-order chi connectivity index (χ1) is 17.9. The van der Waals surface area contributed by atoms with Crippen molar-refractivity contribution in [1.29, 1.82) is 0 Å². The first kappa shape index (κ1) is 27.2. The molecule has 0 aromatic heterocycles. The van der Waals surface area contributed by atoms with E-state index in [1.165, 1.54) is 22.9 Å². The molecule has 1 aliphatic carbocycles. The molecule has 0 bridgehead atoms. The number of rotatable bonds is 3. The molecule has 2 nitrogen and oxygen atoms in total. The normalized spacial score (nSPS) is 13.0. The number of carbonyl (C=O) groups excluding carboxylic acids is 1. The van der Waals surface area contributed by atoms with E-state index in [0.29, 0.717) is 11.1 Å². The molecular weight excluding hydrogens is 652 g/mol. The van der Waals surface area contributed by atoms with Crippen LogP contribution in [0.25, 0.3) is 27.7 Å². The third-order valence-corrected chi connectivity index (χ3v) is 6.73. The van der Waals surface area contributed by atoms with Crippen LogP contribution in [-0.4, -0.2) is 10.9 Å². The van der Waals surface area contributed by atoms with Crippen LogP contribution in [-0.2, 0) is 25.5 Å². The van der Waals surface area contributed by atoms with E-state index >= 15 is 0 Å². The van der Waals surface area contributed by atoms with Crippen molar-refractivity contribution in [2.45, 2.75) is 19.3 Å². The van der Waals surface area contributed by atoms with Gasteiger partial charge in [0.1, 0.15) is 5.76 Å². The van der Waals surface area contributed by atoms with E-state index in [9.17, 15) is 14.3 Å². The maximum absolute atomic E-state index is 14.4. The molecule has 4 heteroatoms. The van der Waals surface area contributed by atoms with Gasteiger partial charge < -0.3 is 5.11 Å². The number of benzene rings is 5. The monoisotopic (exact) mass is 677 g/mol. The Morgan fingerprint density at radius 3 is 2.08 bits per heavy atom. The standard InChI is InChI=1S/C19H13F.C15H12O2.Ir/c1-19(2)15-10-4-7-12-6-3-8-13(17(12)15)14-9-5-11-16(20)18(14)19;16-14(12-7-3-1-4-8-12)11-15(17)13-9-5-2-6-10-13;/h3-7,10-11H,1-2H3;1-11,16H;/q-2;;. The van der Waals surface area contributed by atoms with Gasteiger partial charge in [0.05, 0.1) is 0 Å². The number of aliphatic hydroxyl groups is 1. The van der Waals surface area contributed by atoms with Crippen LogP contribution in [0.15, 0.2) is 109 Å². The maximum atomic E-state index is 14.4. The molecule has 1 radical (unpaired) electrons. The number of allylic oxidation sites excluding steroid dienone is 1. The fourth-order valence-electron chi connectivity index (χ4n) is 4.91. The van der Waals surface area contributed by atoms with Crippen molar-refractivity contribution in [3.63, 3.8) is 0 Å². The number of halogens is 1. The molecule has 5 aromatic rings. The molecule has 5 aromatic carbocycles. The summed E-state index contributed by atoms with van der Waals surface area (Å²) in [5.41, 5.74) is 4.53. The molecule has 1 N–H and O–H groups in total. The number of fused-ring (bicyclic) bond motifs is 2. The fraction of sp³-hybridized carbons (Fsp3) is 0.0882. The van der Waals surface area contributed by atoms with Crippen molar-refractivity contribution in [2.75, 3.05) is 0 Å². The van der Waals surface area contributed by atoms with Crippen molar-refractivity contribution in [3.05, 3.63) is 149 Å². The van der Waals surface area contributed by atoms with E-state index in [2.05, 4.69) is 44.2 Å². The van der Waals surface area contributed by atoms with E-state index in [1.807, 2.05) is 36.4 Å². The molecule has 0 unspecified atom stereocenters. The van der Waals surface area contributed by atoms with Crippen LogP contribution in [0.3, 0.4) is 0 Å². The SMILES string of the molecule is CC1(C)c2c([c-]ccc2F)-c2[c-]ccc3cccc1c23.O=C(C=C(O)c1ccccc1)c1ccccc1.[Ir]. The molecule has 0 spiro atoms. The van der Waals surface area contributed by atoms with Crippen LogP contribution in [0.5, 0.6) is 0 Å². The molecule has 0 fully saturated rings. The molecule has 191 valence electrons. The summed E-state index contributed by atoms with van der Waals surface area (Å²) in [6, 6.07) is 37.7. The largest absolute Gasteiger partial charge is 0.507 e. The zero-order valence-corrected chi connectivity index (χ0v) is 23.4. The summed E-state index contributed by atoms with van der Waals surface area (Å²) in [6.45, 7) is 4.15. The summed E-state index contributed by atoms with van der Waals surface area (Å²) in [5, 5.41) is 12.1. The van der Waals surface area contributed by atoms with Crippen molar-refractivity contribution < 1.29 is 34.4 Å². The van der Waals surface area contributed by atoms with E-state index in [1.54, 1.807) is 42.5 Å². The van der Waals surface area contributed by atoms with Gasteiger partial charge in [0.2, 0.25) is 0 Å². The number of aliphatic hydroxyl groups excluding tert-OH is 1. The Bertz CT molecular complexity index is 1620. The van der Waals surface area contributed by atoms with Crippen molar-refractivity contribution in [2.24, 2.45) is 0 Å². The Morgan fingerprint density at radius 2 is 1.39 bits per heavy atom. The maximum Gasteiger partial charge on any atom is 0.189 e. The molecule has 0 heterocycles. The van der Waals surface area contributed by atoms with Gasteiger partial charge in [0, 0.05) is 43.1 Å². The third kappa shape index (κ3) is 5.11. The minimum atomic E-state index is -0.362. The Morgan fingerprint density at radius 1 is 0.789 bits per heavy atom. The number of hydrogen-bond acceptors (Lipinski definition) is 2. The molecule has 38 heavy (non-hydrogen) atoms. The second-order valence-electron chi connectivity index (χ2n) is 9.45. The molecular formula is C34H25FIrO2-2. The van der Waals surface area contributed by atoms with Gasteiger partial charge in [-0.05, 0) is 5.41 Å². The van der Waals surface area contributed by atoms with Gasteiger partial charge in [0.15, 0.2) is 5.78 Å². The fourth-order valence-corrected chi connectivity index (χ4v) is 4.91. The molecule has 0 aliphatic heterocycles. The Hall–Kier alpha value is -3.85. The second-order valence-corrected chi connectivity index (χ2v) is 9.45. The number of ketones is 1. The van der Waals surface area contributed by atoms with Crippen molar-refractivity contribution in [1.82, 2.24) is 0 Å². The topological polar surface area (TPSA) is 37.3 Å². The van der Waals surface area contributed by atoms with Gasteiger partial charge in [-0.25, -0.2) is 15.5 Å². The minimum absolute atomic E-state index is 0. The van der Waals surface area contributed by atoms with Crippen molar-refractivity contribution >= 4 is 22.3 Å². The quantitative estimate of drug-likeness (QED) is 0.0903. The first-order valence-electron chi connectivity index (χ1n) is 12.1. The van der Waals surface area contributed by atoms with Gasteiger partial charge >= 0.3 is 0 Å². The number of hydrogen-bond donors (Lipinski definition) is 1. The molecule has 0 saturated heterocycles. The smallest absolute Gasteiger partial charge is 0.189 e. The van der Waals surface area contributed by atoms with Gasteiger partial charge in [-0.3, -0.25) is 4.79 Å². The summed E-state index contributed by atoms with van der Waals surface area (Å²) < 4.78 is 14.4. The molecule has 0 amide bonds. The van der Waals surface area contributed by atoms with Gasteiger partial charge in [-0.1, -0.05) is 98.3 Å². The third-order valence-electron chi connectivity index (χ3n) is 6.73. The first-order valence-corrected chi connectivity index (χ1v) is 12.1. The minimum Gasteiger partial charge on any atom is -0.507 e. The van der Waals surface area contributed by atoms with Crippen LogP contribution >= 0.6 is 0 Å². The van der Waals surface area contributed by atoms with E-state index < -0.39 is 0 Å². The average molecular weight is 677 g/mol. The second kappa shape index (κ2) is 11.3. The number of carbonyl (C=O) groups is 1. The van der Waals surface area contributed by atoms with Gasteiger partial charge in [-0.15, -0.1) is 28.5 Å². The Kier molecular flexibility index (Phi) is 8.06. The summed E-state index contributed by atoms with van der Waals surface area (Å²) in [6.07, 6.45) is 1.24. The van der Waals surface area contributed by atoms with Gasteiger partial charge in [0.25, 0.3) is 0 Å². The Balaban J connectivity index is 0.000000175. The molecule has 0 saturated carbocycles. The molecule has 6 rings (SSSR count). The predicted molar refractivity (Wildman–Crippen MR) is 147 cm³/mol. The van der Waals surface area contributed by atoms with Crippen molar-refractivity contribution in [3.8, 4) is 11.1 Å². The van der Waals surface area contributed by atoms with Crippen LogP contribution in [0.4, 0.5) is 4.39 Å². The summed E-state index contributed by atoms with van der Waals surface area (Å²) >= 11 is 0. The summed E-state index contributed by atoms with van der Waals surface area (Å²) in [7, 11) is 0. The predicted octanol–water partition coefficient (Wildman–Crippen LogP) is 8.35. The van der Waals surface area contributed by atoms with E-state index in [-0.39, 0.29) is 42.9 Å².